The van der Waals surface area contributed by atoms with Gasteiger partial charge in [0.25, 0.3) is 0 Å². The van der Waals surface area contributed by atoms with Crippen molar-refractivity contribution < 1.29 is 9.84 Å². The van der Waals surface area contributed by atoms with Gasteiger partial charge in [0.2, 0.25) is 11.8 Å². The summed E-state index contributed by atoms with van der Waals surface area (Å²) in [7, 11) is 0. The summed E-state index contributed by atoms with van der Waals surface area (Å²) in [6.45, 7) is 4.54. The Balaban J connectivity index is 1.37. The van der Waals surface area contributed by atoms with Gasteiger partial charge < -0.3 is 25.5 Å². The number of nitrogens with one attached hydrogen (secondary N) is 3. The lowest BCUT2D eigenvalue weighted by Gasteiger charge is -2.24. The number of rotatable bonds is 8. The van der Waals surface area contributed by atoms with Gasteiger partial charge in [-0.3, -0.25) is 0 Å². The molecule has 0 bridgehead atoms. The van der Waals surface area contributed by atoms with E-state index in [1.54, 1.807) is 18.3 Å². The number of pyridine rings is 1. The molecule has 4 N–H and O–H groups in total. The first-order valence-electron chi connectivity index (χ1n) is 9.91. The molecule has 0 atom stereocenters. The van der Waals surface area contributed by atoms with Gasteiger partial charge >= 0.3 is 0 Å². The van der Waals surface area contributed by atoms with E-state index in [-0.39, 0.29) is 6.61 Å². The van der Waals surface area contributed by atoms with E-state index in [4.69, 9.17) is 16.3 Å². The normalized spacial score (nSPS) is 11.5. The van der Waals surface area contributed by atoms with Crippen molar-refractivity contribution in [2.75, 3.05) is 17.2 Å². The Morgan fingerprint density at radius 3 is 2.61 bits per heavy atom. The highest BCUT2D eigenvalue weighted by Crippen LogP contribution is 2.23. The predicted octanol–water partition coefficient (Wildman–Crippen LogP) is 5.20. The Kier molecular flexibility index (Phi) is 5.97. The van der Waals surface area contributed by atoms with E-state index in [2.05, 4.69) is 25.6 Å². The summed E-state index contributed by atoms with van der Waals surface area (Å²) >= 11 is 5.84. The minimum atomic E-state index is -0.395. The van der Waals surface area contributed by atoms with E-state index < -0.39 is 5.54 Å². The van der Waals surface area contributed by atoms with Crippen LogP contribution in [-0.2, 0) is 6.54 Å². The molecule has 0 aliphatic carbocycles. The van der Waals surface area contributed by atoms with Crippen molar-refractivity contribution in [2.24, 2.45) is 0 Å². The molecular weight excluding hydrogens is 414 g/mol. The van der Waals surface area contributed by atoms with Crippen LogP contribution in [-0.4, -0.2) is 32.2 Å². The minimum Gasteiger partial charge on any atom is -0.439 e. The van der Waals surface area contributed by atoms with Crippen LogP contribution in [0.25, 0.3) is 11.0 Å². The average Bonchev–Trinajstić information content (AvgIpc) is 3.17. The number of aromatic amines is 1. The standard InChI is InChI=1S/C23H24ClN5O2/c1-23(2,14-30)29-17-6-9-19-20(11-17)28-22(27-19)26-12-15-3-7-18(8-4-15)31-21-10-5-16(24)13-25-21/h3-11,13,29-30H,12,14H2,1-2H3,(H2,26,27,28). The third-order valence-electron chi connectivity index (χ3n) is 4.67. The zero-order valence-corrected chi connectivity index (χ0v) is 18.1. The molecule has 31 heavy (non-hydrogen) atoms. The van der Waals surface area contributed by atoms with Crippen molar-refractivity contribution in [2.45, 2.75) is 25.9 Å². The van der Waals surface area contributed by atoms with Crippen LogP contribution in [0.5, 0.6) is 11.6 Å². The molecular formula is C23H24ClN5O2. The first kappa shape index (κ1) is 21.0. The largest absolute Gasteiger partial charge is 0.439 e. The van der Waals surface area contributed by atoms with Crippen LogP contribution in [0.2, 0.25) is 5.02 Å². The number of nitrogens with zero attached hydrogens (tertiary/aromatic N) is 2. The molecule has 2 aromatic heterocycles. The Hall–Kier alpha value is -3.29. The number of halogens is 1. The van der Waals surface area contributed by atoms with Gasteiger partial charge in [0, 0.05) is 24.5 Å². The second-order valence-corrected chi connectivity index (χ2v) is 8.33. The summed E-state index contributed by atoms with van der Waals surface area (Å²) < 4.78 is 5.71. The maximum atomic E-state index is 9.44. The van der Waals surface area contributed by atoms with Crippen molar-refractivity contribution in [1.29, 1.82) is 0 Å². The highest BCUT2D eigenvalue weighted by Gasteiger charge is 2.16. The molecule has 8 heteroatoms. The maximum Gasteiger partial charge on any atom is 0.219 e. The third-order valence-corrected chi connectivity index (χ3v) is 4.89. The Labute approximate surface area is 185 Å². The fourth-order valence-electron chi connectivity index (χ4n) is 3.01. The number of hydrogen-bond acceptors (Lipinski definition) is 6. The first-order valence-corrected chi connectivity index (χ1v) is 10.3. The van der Waals surface area contributed by atoms with Crippen molar-refractivity contribution in [3.05, 3.63) is 71.4 Å². The molecule has 0 fully saturated rings. The fraction of sp³-hybridized carbons (Fsp3) is 0.217. The Morgan fingerprint density at radius 2 is 1.90 bits per heavy atom. The van der Waals surface area contributed by atoms with Gasteiger partial charge in [-0.25, -0.2) is 9.97 Å². The monoisotopic (exact) mass is 437 g/mol. The van der Waals surface area contributed by atoms with Gasteiger partial charge in [-0.15, -0.1) is 0 Å². The predicted molar refractivity (Wildman–Crippen MR) is 124 cm³/mol. The molecule has 0 spiro atoms. The minimum absolute atomic E-state index is 0.0425. The van der Waals surface area contributed by atoms with E-state index >= 15 is 0 Å². The van der Waals surface area contributed by atoms with Gasteiger partial charge in [0.1, 0.15) is 5.75 Å². The second kappa shape index (κ2) is 8.83. The molecule has 2 aromatic carbocycles. The van der Waals surface area contributed by atoms with E-state index in [0.29, 0.717) is 29.1 Å². The topological polar surface area (TPSA) is 95.1 Å². The molecule has 0 saturated heterocycles. The number of anilines is 2. The van der Waals surface area contributed by atoms with Gasteiger partial charge in [-0.2, -0.15) is 0 Å². The number of aromatic nitrogens is 3. The molecule has 0 unspecified atom stereocenters. The summed E-state index contributed by atoms with van der Waals surface area (Å²) in [5.41, 5.74) is 3.40. The van der Waals surface area contributed by atoms with Crippen molar-refractivity contribution in [3.63, 3.8) is 0 Å². The van der Waals surface area contributed by atoms with Crippen molar-refractivity contribution in [3.8, 4) is 11.6 Å². The summed E-state index contributed by atoms with van der Waals surface area (Å²) in [6.07, 6.45) is 1.55. The molecule has 0 saturated carbocycles. The number of benzene rings is 2. The lowest BCUT2D eigenvalue weighted by Crippen LogP contribution is -2.34. The molecule has 7 nitrogen and oxygen atoms in total. The van der Waals surface area contributed by atoms with Gasteiger partial charge in [-0.1, -0.05) is 23.7 Å². The Morgan fingerprint density at radius 1 is 1.10 bits per heavy atom. The summed E-state index contributed by atoms with van der Waals surface area (Å²) in [5, 5.41) is 16.6. The molecule has 0 amide bonds. The second-order valence-electron chi connectivity index (χ2n) is 7.90. The van der Waals surface area contributed by atoms with Gasteiger partial charge in [0.05, 0.1) is 28.2 Å². The van der Waals surface area contributed by atoms with Crippen molar-refractivity contribution in [1.82, 2.24) is 15.0 Å². The van der Waals surface area contributed by atoms with Crippen LogP contribution < -0.4 is 15.4 Å². The molecule has 4 rings (SSSR count). The van der Waals surface area contributed by atoms with Crippen LogP contribution >= 0.6 is 11.6 Å². The number of imidazole rings is 1. The van der Waals surface area contributed by atoms with Gasteiger partial charge in [0.15, 0.2) is 0 Å². The number of hydrogen-bond donors (Lipinski definition) is 4. The number of H-pyrrole nitrogens is 1. The van der Waals surface area contributed by atoms with Gasteiger partial charge in [-0.05, 0) is 55.8 Å². The maximum absolute atomic E-state index is 9.44. The highest BCUT2D eigenvalue weighted by atomic mass is 35.5. The lowest BCUT2D eigenvalue weighted by molar-refractivity contribution is 0.234. The smallest absolute Gasteiger partial charge is 0.219 e. The molecule has 160 valence electrons. The Bertz CT molecular complexity index is 1160. The molecule has 4 aromatic rings. The molecule has 0 radical (unpaired) electrons. The lowest BCUT2D eigenvalue weighted by atomic mass is 10.1. The van der Waals surface area contributed by atoms with Crippen LogP contribution in [0.15, 0.2) is 60.8 Å². The number of fused-ring (bicyclic) bond motifs is 1. The van der Waals surface area contributed by atoms with E-state index in [1.807, 2.05) is 56.3 Å². The number of aliphatic hydroxyl groups is 1. The number of aliphatic hydroxyl groups excluding tert-OH is 1. The van der Waals surface area contributed by atoms with E-state index in [9.17, 15) is 5.11 Å². The zero-order chi connectivity index (χ0) is 21.8. The number of ether oxygens (including phenoxy) is 1. The molecule has 0 aliphatic rings. The van der Waals surface area contributed by atoms with Crippen LogP contribution in [0.1, 0.15) is 19.4 Å². The van der Waals surface area contributed by atoms with Crippen molar-refractivity contribution >= 4 is 34.3 Å². The van der Waals surface area contributed by atoms with Crippen LogP contribution in [0.3, 0.4) is 0 Å². The third kappa shape index (κ3) is 5.45. The fourth-order valence-corrected chi connectivity index (χ4v) is 3.12. The summed E-state index contributed by atoms with van der Waals surface area (Å²) in [4.78, 5) is 12.0. The summed E-state index contributed by atoms with van der Waals surface area (Å²) in [6, 6.07) is 17.1. The average molecular weight is 438 g/mol. The molecule has 0 aliphatic heterocycles. The zero-order valence-electron chi connectivity index (χ0n) is 17.3. The van der Waals surface area contributed by atoms with Crippen LogP contribution in [0.4, 0.5) is 11.6 Å². The molecule has 2 heterocycles. The SMILES string of the molecule is CC(C)(CO)Nc1ccc2nc(NCc3ccc(Oc4ccc(Cl)cn4)cc3)[nH]c2c1. The quantitative estimate of drug-likeness (QED) is 0.302. The summed E-state index contributed by atoms with van der Waals surface area (Å²) in [5.74, 6) is 1.89. The van der Waals surface area contributed by atoms with Crippen LogP contribution in [0, 0.1) is 0 Å². The van der Waals surface area contributed by atoms with E-state index in [0.717, 1.165) is 22.3 Å². The highest BCUT2D eigenvalue weighted by molar-refractivity contribution is 6.30. The first-order chi connectivity index (χ1) is 14.9. The van der Waals surface area contributed by atoms with E-state index in [1.165, 1.54) is 0 Å².